The summed E-state index contributed by atoms with van der Waals surface area (Å²) in [5, 5.41) is 14.1. The summed E-state index contributed by atoms with van der Waals surface area (Å²) in [4.78, 5) is 38.6. The molecule has 1 saturated carbocycles. The van der Waals surface area contributed by atoms with Crippen molar-refractivity contribution in [3.05, 3.63) is 69.5 Å². The van der Waals surface area contributed by atoms with Crippen molar-refractivity contribution in [2.75, 3.05) is 38.1 Å². The average Bonchev–Trinajstić information content (AvgIpc) is 3.43. The number of piperazine rings is 1. The van der Waals surface area contributed by atoms with Crippen LogP contribution in [0.25, 0.3) is 11.0 Å². The molecule has 0 bridgehead atoms. The Labute approximate surface area is 252 Å². The molecule has 1 aliphatic carbocycles. The summed E-state index contributed by atoms with van der Waals surface area (Å²) in [6.07, 6.45) is -7.42. The Kier molecular flexibility index (Phi) is 8.96. The number of anilines is 1. The number of nitro groups is 1. The lowest BCUT2D eigenvalue weighted by atomic mass is 9.92. The molecule has 2 amide bonds. The van der Waals surface area contributed by atoms with Gasteiger partial charge in [0.1, 0.15) is 17.8 Å². The van der Waals surface area contributed by atoms with Gasteiger partial charge in [-0.2, -0.15) is 26.3 Å². The molecular formula is C29H28F6N4O6. The zero-order valence-corrected chi connectivity index (χ0v) is 23.6. The fraction of sp³-hybridized carbons (Fsp3) is 0.448. The molecule has 2 heterocycles. The topological polar surface area (TPSA) is 118 Å². The summed E-state index contributed by atoms with van der Waals surface area (Å²) in [6, 6.07) is 6.87. The lowest BCUT2D eigenvalue weighted by Gasteiger charge is -2.35. The van der Waals surface area contributed by atoms with Crippen LogP contribution in [0, 0.1) is 10.1 Å². The first-order chi connectivity index (χ1) is 21.2. The molecule has 1 aromatic heterocycles. The lowest BCUT2D eigenvalue weighted by molar-refractivity contribution is -0.388. The number of fused-ring (bicyclic) bond motifs is 1. The number of rotatable bonds is 7. The van der Waals surface area contributed by atoms with Crippen LogP contribution in [0.1, 0.15) is 47.4 Å². The number of nitrogens with one attached hydrogen (secondary N) is 1. The van der Waals surface area contributed by atoms with Gasteiger partial charge in [-0.15, -0.1) is 0 Å². The van der Waals surface area contributed by atoms with Crippen molar-refractivity contribution in [3.63, 3.8) is 0 Å². The molecule has 16 heteroatoms. The molecule has 10 nitrogen and oxygen atoms in total. The Bertz CT molecular complexity index is 1570. The third-order valence-corrected chi connectivity index (χ3v) is 7.96. The first-order valence-electron chi connectivity index (χ1n) is 14.1. The van der Waals surface area contributed by atoms with Gasteiger partial charge >= 0.3 is 12.4 Å². The Morgan fingerprint density at radius 3 is 2.20 bits per heavy atom. The minimum absolute atomic E-state index is 0.0908. The van der Waals surface area contributed by atoms with Gasteiger partial charge in [-0.3, -0.25) is 19.7 Å². The predicted octanol–water partition coefficient (Wildman–Crippen LogP) is 6.10. The van der Waals surface area contributed by atoms with Crippen LogP contribution in [0.4, 0.5) is 37.7 Å². The van der Waals surface area contributed by atoms with Crippen LogP contribution in [0.2, 0.25) is 0 Å². The summed E-state index contributed by atoms with van der Waals surface area (Å²) in [7, 11) is 0. The molecule has 1 N–H and O–H groups in total. The van der Waals surface area contributed by atoms with E-state index in [0.29, 0.717) is 25.7 Å². The number of ether oxygens (including phenoxy) is 1. The molecule has 0 unspecified atom stereocenters. The maximum absolute atomic E-state index is 13.3. The normalized spacial score (nSPS) is 19.5. The number of furan rings is 1. The van der Waals surface area contributed by atoms with Crippen LogP contribution in [-0.2, 0) is 21.9 Å². The summed E-state index contributed by atoms with van der Waals surface area (Å²) < 4.78 is 90.1. The minimum atomic E-state index is -4.87. The Balaban J connectivity index is 1.06. The van der Waals surface area contributed by atoms with Crippen LogP contribution >= 0.6 is 0 Å². The van der Waals surface area contributed by atoms with E-state index in [-0.39, 0.29) is 73.3 Å². The maximum atomic E-state index is 13.3. The highest BCUT2D eigenvalue weighted by Crippen LogP contribution is 2.38. The monoisotopic (exact) mass is 642 g/mol. The van der Waals surface area contributed by atoms with E-state index in [1.165, 1.54) is 23.1 Å². The predicted molar refractivity (Wildman–Crippen MR) is 147 cm³/mol. The average molecular weight is 643 g/mol. The number of alkyl halides is 6. The quantitative estimate of drug-likeness (QED) is 0.188. The molecule has 5 rings (SSSR count). The van der Waals surface area contributed by atoms with Crippen LogP contribution < -0.4 is 5.32 Å². The van der Waals surface area contributed by atoms with Gasteiger partial charge in [0, 0.05) is 49.4 Å². The molecule has 2 aromatic carbocycles. The van der Waals surface area contributed by atoms with Gasteiger partial charge in [0.15, 0.2) is 5.76 Å². The minimum Gasteiger partial charge on any atom is -0.451 e. The van der Waals surface area contributed by atoms with Gasteiger partial charge in [0.05, 0.1) is 16.6 Å². The molecule has 2 fully saturated rings. The van der Waals surface area contributed by atoms with Crippen LogP contribution in [0.3, 0.4) is 0 Å². The first-order valence-corrected chi connectivity index (χ1v) is 14.1. The number of benzene rings is 2. The van der Waals surface area contributed by atoms with E-state index in [0.717, 1.165) is 24.3 Å². The summed E-state index contributed by atoms with van der Waals surface area (Å²) >= 11 is 0. The molecule has 242 valence electrons. The number of hydrogen-bond acceptors (Lipinski definition) is 7. The lowest BCUT2D eigenvalue weighted by Crippen LogP contribution is -2.51. The van der Waals surface area contributed by atoms with E-state index in [9.17, 15) is 46.0 Å². The third-order valence-electron chi connectivity index (χ3n) is 7.96. The van der Waals surface area contributed by atoms with Gasteiger partial charge in [-0.25, -0.2) is 0 Å². The largest absolute Gasteiger partial charge is 0.451 e. The molecule has 2 aliphatic rings. The summed E-state index contributed by atoms with van der Waals surface area (Å²) in [5.41, 5.74) is -2.90. The second kappa shape index (κ2) is 12.6. The SMILES string of the molecule is O=C(CO[C@H]1CC[C@H](Nc2ccc([N+](=O)[O-])c(C(F)(F)F)c2)CC1)N1CCN(C(=O)c2cc3cc(C(F)(F)F)ccc3o2)CC1. The molecule has 0 radical (unpaired) electrons. The van der Waals surface area contributed by atoms with E-state index in [4.69, 9.17) is 9.15 Å². The highest BCUT2D eigenvalue weighted by atomic mass is 19.4. The molecule has 45 heavy (non-hydrogen) atoms. The number of carbonyl (C=O) groups excluding carboxylic acids is 2. The Hall–Kier alpha value is -4.34. The van der Waals surface area contributed by atoms with Crippen LogP contribution in [0.5, 0.6) is 0 Å². The summed E-state index contributed by atoms with van der Waals surface area (Å²) in [6.45, 7) is 0.686. The van der Waals surface area contributed by atoms with Gasteiger partial charge in [0.25, 0.3) is 11.6 Å². The van der Waals surface area contributed by atoms with Crippen molar-refractivity contribution in [3.8, 4) is 0 Å². The van der Waals surface area contributed by atoms with Crippen molar-refractivity contribution in [1.29, 1.82) is 0 Å². The molecule has 0 spiro atoms. The highest BCUT2D eigenvalue weighted by molar-refractivity contribution is 5.96. The van der Waals surface area contributed by atoms with Crippen molar-refractivity contribution in [1.82, 2.24) is 9.80 Å². The summed E-state index contributed by atoms with van der Waals surface area (Å²) in [5.74, 6) is -0.847. The Morgan fingerprint density at radius 1 is 0.911 bits per heavy atom. The molecule has 0 atom stereocenters. The van der Waals surface area contributed by atoms with Crippen molar-refractivity contribution >= 4 is 34.2 Å². The standard InChI is InChI=1S/C29H28F6N4O6/c30-28(31,32)18-1-8-24-17(13-18)14-25(45-24)27(41)38-11-9-37(10-12-38)26(40)16-44-21-5-2-19(3-6-21)36-20-4-7-23(39(42)43)22(15-20)29(33,34)35/h1,4,7-8,13-15,19,21,36H,2-3,5-6,9-12,16H2/t19-,21-. The van der Waals surface area contributed by atoms with Crippen molar-refractivity contribution in [2.24, 2.45) is 0 Å². The first kappa shape index (κ1) is 32.1. The number of nitrogens with zero attached hydrogens (tertiary/aromatic N) is 3. The molecular weight excluding hydrogens is 614 g/mol. The van der Waals surface area contributed by atoms with Gasteiger partial charge in [-0.05, 0) is 62.1 Å². The van der Waals surface area contributed by atoms with Gasteiger partial charge in [-0.1, -0.05) is 0 Å². The number of nitro benzene ring substituents is 1. The Morgan fingerprint density at radius 2 is 1.58 bits per heavy atom. The molecule has 1 aliphatic heterocycles. The highest BCUT2D eigenvalue weighted by Gasteiger charge is 2.39. The van der Waals surface area contributed by atoms with E-state index in [1.54, 1.807) is 4.90 Å². The van der Waals surface area contributed by atoms with Gasteiger partial charge < -0.3 is 24.3 Å². The number of hydrogen-bond donors (Lipinski definition) is 1. The number of carbonyl (C=O) groups is 2. The van der Waals surface area contributed by atoms with Crippen LogP contribution in [-0.4, -0.2) is 71.5 Å². The van der Waals surface area contributed by atoms with Crippen molar-refractivity contribution < 1.29 is 50.0 Å². The van der Waals surface area contributed by atoms with E-state index < -0.39 is 40.0 Å². The van der Waals surface area contributed by atoms with E-state index in [2.05, 4.69) is 5.32 Å². The molecule has 1 saturated heterocycles. The van der Waals surface area contributed by atoms with Crippen LogP contribution in [0.15, 0.2) is 46.9 Å². The molecule has 3 aromatic rings. The smallest absolute Gasteiger partial charge is 0.423 e. The second-order valence-corrected chi connectivity index (χ2v) is 10.9. The van der Waals surface area contributed by atoms with E-state index in [1.807, 2.05) is 0 Å². The van der Waals surface area contributed by atoms with E-state index >= 15 is 0 Å². The number of halogens is 6. The zero-order chi connectivity index (χ0) is 32.5. The van der Waals surface area contributed by atoms with Crippen molar-refractivity contribution in [2.45, 2.75) is 50.2 Å². The third kappa shape index (κ3) is 7.49. The second-order valence-electron chi connectivity index (χ2n) is 10.9. The zero-order valence-electron chi connectivity index (χ0n) is 23.6. The maximum Gasteiger partial charge on any atom is 0.423 e. The van der Waals surface area contributed by atoms with Gasteiger partial charge in [0.2, 0.25) is 5.91 Å². The fourth-order valence-electron chi connectivity index (χ4n) is 5.54. The fourth-order valence-corrected chi connectivity index (χ4v) is 5.54. The number of amides is 2.